The number of aliphatic imine (C=N–C) groups is 1. The van der Waals surface area contributed by atoms with Crippen molar-refractivity contribution < 1.29 is 9.59 Å². The largest absolute Gasteiger partial charge is 0.317 e. The molecular formula is C16H19N5O2S. The number of carbonyl (C=O) groups is 2. The molecule has 0 bridgehead atoms. The first kappa shape index (κ1) is 16.5. The standard InChI is InChI=1S/C16H19N5O2S/c1-10(2)8-13-19-20-15(24-13)18-14(23)16(3)9-12(22)17-11-6-4-5-7-21(11)16/h4-7,10H,8-9H2,1-3H3,(H,18,20,23). The summed E-state index contributed by atoms with van der Waals surface area (Å²) in [5, 5.41) is 12.3. The zero-order valence-electron chi connectivity index (χ0n) is 13.8. The van der Waals surface area contributed by atoms with Gasteiger partial charge in [0.1, 0.15) is 16.4 Å². The van der Waals surface area contributed by atoms with E-state index in [2.05, 4.69) is 34.4 Å². The van der Waals surface area contributed by atoms with E-state index >= 15 is 0 Å². The van der Waals surface area contributed by atoms with Crippen LogP contribution >= 0.6 is 11.3 Å². The number of rotatable bonds is 4. The number of allylic oxidation sites excluding steroid dienone is 2. The predicted molar refractivity (Wildman–Crippen MR) is 92.7 cm³/mol. The van der Waals surface area contributed by atoms with Crippen LogP contribution in [0.1, 0.15) is 32.2 Å². The van der Waals surface area contributed by atoms with Gasteiger partial charge in [-0.25, -0.2) is 0 Å². The summed E-state index contributed by atoms with van der Waals surface area (Å²) in [5.41, 5.74) is -1.04. The van der Waals surface area contributed by atoms with Gasteiger partial charge in [-0.3, -0.25) is 14.9 Å². The maximum atomic E-state index is 12.8. The monoisotopic (exact) mass is 345 g/mol. The number of nitrogens with zero attached hydrogens (tertiary/aromatic N) is 4. The first-order chi connectivity index (χ1) is 11.4. The molecule has 1 N–H and O–H groups in total. The van der Waals surface area contributed by atoms with Crippen molar-refractivity contribution in [3.05, 3.63) is 29.4 Å². The van der Waals surface area contributed by atoms with Crippen LogP contribution in [0.3, 0.4) is 0 Å². The summed E-state index contributed by atoms with van der Waals surface area (Å²) in [5.74, 6) is 0.343. The van der Waals surface area contributed by atoms with Crippen LogP contribution in [0.2, 0.25) is 0 Å². The molecule has 0 aliphatic carbocycles. The van der Waals surface area contributed by atoms with Crippen molar-refractivity contribution in [1.29, 1.82) is 0 Å². The molecule has 0 spiro atoms. The summed E-state index contributed by atoms with van der Waals surface area (Å²) in [6.45, 7) is 5.94. The van der Waals surface area contributed by atoms with Gasteiger partial charge in [-0.2, -0.15) is 4.99 Å². The highest BCUT2D eigenvalue weighted by molar-refractivity contribution is 7.15. The Morgan fingerprint density at radius 2 is 2.21 bits per heavy atom. The van der Waals surface area contributed by atoms with Gasteiger partial charge in [0, 0.05) is 12.6 Å². The Morgan fingerprint density at radius 3 is 2.96 bits per heavy atom. The third-order valence-corrected chi connectivity index (χ3v) is 4.73. The van der Waals surface area contributed by atoms with Gasteiger partial charge >= 0.3 is 0 Å². The normalized spacial score (nSPS) is 22.6. The second-order valence-corrected chi connectivity index (χ2v) is 7.50. The zero-order valence-corrected chi connectivity index (χ0v) is 14.6. The van der Waals surface area contributed by atoms with E-state index in [-0.39, 0.29) is 18.2 Å². The molecule has 0 aromatic carbocycles. The Hall–Kier alpha value is -2.35. The van der Waals surface area contributed by atoms with Gasteiger partial charge in [0.05, 0.1) is 6.42 Å². The fourth-order valence-electron chi connectivity index (χ4n) is 2.65. The van der Waals surface area contributed by atoms with Crippen LogP contribution in [0.4, 0.5) is 5.13 Å². The fourth-order valence-corrected chi connectivity index (χ4v) is 3.59. The quantitative estimate of drug-likeness (QED) is 0.903. The van der Waals surface area contributed by atoms with Crippen LogP contribution in [-0.4, -0.2) is 38.3 Å². The molecule has 2 aliphatic heterocycles. The second kappa shape index (κ2) is 6.27. The molecule has 1 aromatic rings. The minimum absolute atomic E-state index is 0.0121. The Labute approximate surface area is 144 Å². The number of hydrogen-bond acceptors (Lipinski definition) is 6. The predicted octanol–water partition coefficient (Wildman–Crippen LogP) is 2.15. The average molecular weight is 345 g/mol. The number of carbonyl (C=O) groups excluding carboxylic acids is 2. The topological polar surface area (TPSA) is 87.5 Å². The molecule has 8 heteroatoms. The smallest absolute Gasteiger partial charge is 0.252 e. The van der Waals surface area contributed by atoms with Crippen molar-refractivity contribution in [2.24, 2.45) is 10.9 Å². The van der Waals surface area contributed by atoms with E-state index in [0.717, 1.165) is 11.4 Å². The van der Waals surface area contributed by atoms with Gasteiger partial charge in [0.2, 0.25) is 5.13 Å². The van der Waals surface area contributed by atoms with Gasteiger partial charge in [0.15, 0.2) is 0 Å². The summed E-state index contributed by atoms with van der Waals surface area (Å²) in [6, 6.07) is 0. The summed E-state index contributed by atoms with van der Waals surface area (Å²) < 4.78 is 0. The second-order valence-electron chi connectivity index (χ2n) is 6.44. The minimum Gasteiger partial charge on any atom is -0.317 e. The van der Waals surface area contributed by atoms with E-state index in [1.165, 1.54) is 11.3 Å². The lowest BCUT2D eigenvalue weighted by Gasteiger charge is -2.41. The Bertz CT molecular complexity index is 764. The number of fused-ring (bicyclic) bond motifs is 1. The van der Waals surface area contributed by atoms with E-state index < -0.39 is 5.54 Å². The molecule has 3 rings (SSSR count). The van der Waals surface area contributed by atoms with Gasteiger partial charge in [-0.15, -0.1) is 10.2 Å². The minimum atomic E-state index is -1.04. The summed E-state index contributed by atoms with van der Waals surface area (Å²) >= 11 is 1.36. The maximum Gasteiger partial charge on any atom is 0.252 e. The van der Waals surface area contributed by atoms with Gasteiger partial charge in [0.25, 0.3) is 11.8 Å². The van der Waals surface area contributed by atoms with Crippen LogP contribution < -0.4 is 5.32 Å². The van der Waals surface area contributed by atoms with Crippen LogP contribution in [0.25, 0.3) is 0 Å². The summed E-state index contributed by atoms with van der Waals surface area (Å²) in [4.78, 5) is 30.5. The van der Waals surface area contributed by atoms with Crippen molar-refractivity contribution in [3.8, 4) is 0 Å². The molecule has 2 aliphatic rings. The van der Waals surface area contributed by atoms with Gasteiger partial charge in [-0.05, 0) is 25.0 Å². The Morgan fingerprint density at radius 1 is 1.42 bits per heavy atom. The number of nitrogens with one attached hydrogen (secondary N) is 1. The number of amides is 2. The first-order valence-electron chi connectivity index (χ1n) is 7.78. The lowest BCUT2D eigenvalue weighted by Crippen LogP contribution is -2.58. The van der Waals surface area contributed by atoms with Crippen molar-refractivity contribution in [2.75, 3.05) is 5.32 Å². The first-order valence-corrected chi connectivity index (χ1v) is 8.60. The fraction of sp³-hybridized carbons (Fsp3) is 0.438. The van der Waals surface area contributed by atoms with Crippen LogP contribution in [0, 0.1) is 5.92 Å². The third kappa shape index (κ3) is 3.14. The SMILES string of the molecule is CC(C)Cc1nnc(NC(=O)C2(C)CC(=O)N=C3C=CC=CN32)s1. The van der Waals surface area contributed by atoms with Crippen molar-refractivity contribution in [3.63, 3.8) is 0 Å². The summed E-state index contributed by atoms with van der Waals surface area (Å²) in [6.07, 6.45) is 7.91. The number of anilines is 1. The summed E-state index contributed by atoms with van der Waals surface area (Å²) in [7, 11) is 0. The number of amidine groups is 1. The third-order valence-electron chi connectivity index (χ3n) is 3.86. The van der Waals surface area contributed by atoms with E-state index in [9.17, 15) is 9.59 Å². The highest BCUT2D eigenvalue weighted by atomic mass is 32.1. The molecule has 0 radical (unpaired) electrons. The molecule has 24 heavy (non-hydrogen) atoms. The van der Waals surface area contributed by atoms with Gasteiger partial charge < -0.3 is 4.90 Å². The highest BCUT2D eigenvalue weighted by Gasteiger charge is 2.45. The average Bonchev–Trinajstić information content (AvgIpc) is 2.93. The van der Waals surface area contributed by atoms with Crippen molar-refractivity contribution in [2.45, 2.75) is 39.2 Å². The molecule has 3 heterocycles. The molecule has 1 atom stereocenters. The Kier molecular flexibility index (Phi) is 4.31. The molecular weight excluding hydrogens is 326 g/mol. The van der Waals surface area contributed by atoms with Crippen LogP contribution in [-0.2, 0) is 16.0 Å². The Balaban J connectivity index is 1.80. The molecule has 0 saturated heterocycles. The van der Waals surface area contributed by atoms with E-state index in [0.29, 0.717) is 16.9 Å². The van der Waals surface area contributed by atoms with Crippen LogP contribution in [0.15, 0.2) is 29.4 Å². The molecule has 126 valence electrons. The van der Waals surface area contributed by atoms with Crippen molar-refractivity contribution >= 4 is 34.1 Å². The molecule has 0 fully saturated rings. The maximum absolute atomic E-state index is 12.8. The highest BCUT2D eigenvalue weighted by Crippen LogP contribution is 2.30. The number of aromatic nitrogens is 2. The van der Waals surface area contributed by atoms with E-state index in [1.54, 1.807) is 30.2 Å². The molecule has 0 saturated carbocycles. The zero-order chi connectivity index (χ0) is 17.3. The molecule has 2 amide bonds. The van der Waals surface area contributed by atoms with Gasteiger partial charge in [-0.1, -0.05) is 31.3 Å². The lowest BCUT2D eigenvalue weighted by atomic mass is 9.91. The lowest BCUT2D eigenvalue weighted by molar-refractivity contribution is -0.130. The molecule has 7 nitrogen and oxygen atoms in total. The van der Waals surface area contributed by atoms with Crippen LogP contribution in [0.5, 0.6) is 0 Å². The number of hydrogen-bond donors (Lipinski definition) is 1. The molecule has 1 unspecified atom stereocenters. The van der Waals surface area contributed by atoms with Crippen molar-refractivity contribution in [1.82, 2.24) is 15.1 Å². The van der Waals surface area contributed by atoms with E-state index in [1.807, 2.05) is 6.08 Å². The molecule has 1 aromatic heterocycles. The van der Waals surface area contributed by atoms with E-state index in [4.69, 9.17) is 0 Å².